The summed E-state index contributed by atoms with van der Waals surface area (Å²) in [5.41, 5.74) is 7.79. The van der Waals surface area contributed by atoms with Crippen molar-refractivity contribution in [3.63, 3.8) is 0 Å². The molecule has 0 unspecified atom stereocenters. The molecule has 0 atom stereocenters. The Labute approximate surface area is 126 Å². The number of benzene rings is 1. The highest BCUT2D eigenvalue weighted by atomic mass is 15.4. The van der Waals surface area contributed by atoms with Crippen molar-refractivity contribution in [1.82, 2.24) is 9.80 Å². The Bertz CT molecular complexity index is 527. The van der Waals surface area contributed by atoms with Gasteiger partial charge in [0.15, 0.2) is 5.96 Å². The molecule has 21 heavy (non-hydrogen) atoms. The maximum absolute atomic E-state index is 6.15. The van der Waals surface area contributed by atoms with Gasteiger partial charge in [0.2, 0.25) is 0 Å². The van der Waals surface area contributed by atoms with Crippen LogP contribution in [0, 0.1) is 0 Å². The molecule has 2 aliphatic heterocycles. The third kappa shape index (κ3) is 2.42. The number of piperidine rings is 1. The Hall–Kier alpha value is -1.55. The molecule has 0 bridgehead atoms. The Kier molecular flexibility index (Phi) is 3.14. The number of aliphatic imine (C=N–C) groups is 1. The van der Waals surface area contributed by atoms with Gasteiger partial charge in [-0.3, -0.25) is 9.89 Å². The first-order chi connectivity index (χ1) is 10.3. The van der Waals surface area contributed by atoms with Gasteiger partial charge in [0.25, 0.3) is 0 Å². The summed E-state index contributed by atoms with van der Waals surface area (Å²) < 4.78 is 0. The van der Waals surface area contributed by atoms with Gasteiger partial charge >= 0.3 is 0 Å². The largest absolute Gasteiger partial charge is 0.370 e. The summed E-state index contributed by atoms with van der Waals surface area (Å²) >= 11 is 0. The molecule has 1 aliphatic carbocycles. The molecular weight excluding hydrogens is 260 g/mol. The lowest BCUT2D eigenvalue weighted by molar-refractivity contribution is 0.0778. The summed E-state index contributed by atoms with van der Waals surface area (Å²) in [6.45, 7) is 4.28. The van der Waals surface area contributed by atoms with Gasteiger partial charge in [-0.05, 0) is 31.2 Å². The molecule has 0 radical (unpaired) electrons. The second kappa shape index (κ2) is 5.02. The molecule has 3 aliphatic rings. The standard InChI is InChI=1S/C17H24N4/c18-16-19-13-17(21(16)15-6-7-15)8-10-20(11-9-17)12-14-4-2-1-3-5-14/h1-5,15H,6-13H2,(H2,18,19). The molecule has 1 aromatic carbocycles. The van der Waals surface area contributed by atoms with Crippen LogP contribution in [0.15, 0.2) is 35.3 Å². The fraction of sp³-hybridized carbons (Fsp3) is 0.588. The lowest BCUT2D eigenvalue weighted by atomic mass is 9.86. The number of nitrogens with two attached hydrogens (primary N) is 1. The zero-order valence-corrected chi connectivity index (χ0v) is 12.5. The summed E-state index contributed by atoms with van der Waals surface area (Å²) in [7, 11) is 0. The molecule has 112 valence electrons. The van der Waals surface area contributed by atoms with Crippen molar-refractivity contribution < 1.29 is 0 Å². The Morgan fingerprint density at radius 2 is 1.86 bits per heavy atom. The second-order valence-electron chi connectivity index (χ2n) is 6.76. The van der Waals surface area contributed by atoms with Crippen LogP contribution in [0.5, 0.6) is 0 Å². The van der Waals surface area contributed by atoms with Gasteiger partial charge in [-0.2, -0.15) is 0 Å². The lowest BCUT2D eigenvalue weighted by Gasteiger charge is -2.45. The van der Waals surface area contributed by atoms with Crippen molar-refractivity contribution in [1.29, 1.82) is 0 Å². The molecule has 4 nitrogen and oxygen atoms in total. The number of hydrogen-bond donors (Lipinski definition) is 1. The minimum absolute atomic E-state index is 0.235. The van der Waals surface area contributed by atoms with Gasteiger partial charge in [0, 0.05) is 25.7 Å². The van der Waals surface area contributed by atoms with E-state index in [4.69, 9.17) is 5.73 Å². The van der Waals surface area contributed by atoms with Crippen LogP contribution in [0.4, 0.5) is 0 Å². The van der Waals surface area contributed by atoms with Crippen molar-refractivity contribution in [3.8, 4) is 0 Å². The lowest BCUT2D eigenvalue weighted by Crippen LogP contribution is -2.57. The van der Waals surface area contributed by atoms with Crippen LogP contribution in [0.2, 0.25) is 0 Å². The van der Waals surface area contributed by atoms with Gasteiger partial charge in [0.1, 0.15) is 0 Å². The Morgan fingerprint density at radius 3 is 2.52 bits per heavy atom. The van der Waals surface area contributed by atoms with E-state index in [1.54, 1.807) is 0 Å². The van der Waals surface area contributed by atoms with Crippen molar-refractivity contribution in [2.24, 2.45) is 10.7 Å². The molecule has 2 heterocycles. The van der Waals surface area contributed by atoms with Crippen LogP contribution in [0.1, 0.15) is 31.2 Å². The van der Waals surface area contributed by atoms with Gasteiger partial charge in [-0.25, -0.2) is 0 Å². The smallest absolute Gasteiger partial charge is 0.192 e. The third-order valence-electron chi connectivity index (χ3n) is 5.24. The predicted molar refractivity (Wildman–Crippen MR) is 85.0 cm³/mol. The highest BCUT2D eigenvalue weighted by Crippen LogP contribution is 2.41. The van der Waals surface area contributed by atoms with Crippen LogP contribution in [0.3, 0.4) is 0 Å². The van der Waals surface area contributed by atoms with Crippen LogP contribution in [-0.4, -0.2) is 47.0 Å². The predicted octanol–water partition coefficient (Wildman–Crippen LogP) is 1.81. The van der Waals surface area contributed by atoms with Crippen LogP contribution in [-0.2, 0) is 6.54 Å². The molecule has 2 fully saturated rings. The average molecular weight is 284 g/mol. The monoisotopic (exact) mass is 284 g/mol. The third-order valence-corrected chi connectivity index (χ3v) is 5.24. The van der Waals surface area contributed by atoms with E-state index in [0.717, 1.165) is 32.1 Å². The van der Waals surface area contributed by atoms with Crippen LogP contribution >= 0.6 is 0 Å². The fourth-order valence-electron chi connectivity index (χ4n) is 3.90. The van der Waals surface area contributed by atoms with E-state index in [2.05, 4.69) is 45.1 Å². The van der Waals surface area contributed by atoms with E-state index >= 15 is 0 Å². The maximum atomic E-state index is 6.15. The zero-order valence-electron chi connectivity index (χ0n) is 12.5. The van der Waals surface area contributed by atoms with Crippen molar-refractivity contribution in [2.45, 2.75) is 43.8 Å². The first-order valence-electron chi connectivity index (χ1n) is 8.12. The van der Waals surface area contributed by atoms with Gasteiger partial charge in [-0.1, -0.05) is 30.3 Å². The maximum Gasteiger partial charge on any atom is 0.192 e. The van der Waals surface area contributed by atoms with Crippen LogP contribution in [0.25, 0.3) is 0 Å². The number of nitrogens with zero attached hydrogens (tertiary/aromatic N) is 3. The molecule has 4 rings (SSSR count). The van der Waals surface area contributed by atoms with E-state index < -0.39 is 0 Å². The molecule has 4 heteroatoms. The summed E-state index contributed by atoms with van der Waals surface area (Å²) in [5, 5.41) is 0. The molecule has 1 saturated carbocycles. The summed E-state index contributed by atoms with van der Waals surface area (Å²) in [4.78, 5) is 9.60. The van der Waals surface area contributed by atoms with E-state index in [1.807, 2.05) is 0 Å². The van der Waals surface area contributed by atoms with Gasteiger partial charge in [-0.15, -0.1) is 0 Å². The highest BCUT2D eigenvalue weighted by Gasteiger charge is 2.49. The Balaban J connectivity index is 1.40. The average Bonchev–Trinajstić information content (AvgIpc) is 3.29. The topological polar surface area (TPSA) is 44.9 Å². The molecule has 1 spiro atoms. The molecule has 0 amide bonds. The highest BCUT2D eigenvalue weighted by molar-refractivity contribution is 5.81. The van der Waals surface area contributed by atoms with Crippen molar-refractivity contribution in [3.05, 3.63) is 35.9 Å². The fourth-order valence-corrected chi connectivity index (χ4v) is 3.90. The number of hydrogen-bond acceptors (Lipinski definition) is 4. The van der Waals surface area contributed by atoms with E-state index in [-0.39, 0.29) is 5.54 Å². The molecule has 1 saturated heterocycles. The van der Waals surface area contributed by atoms with Crippen LogP contribution < -0.4 is 5.73 Å². The molecule has 1 aromatic rings. The first-order valence-corrected chi connectivity index (χ1v) is 8.12. The first kappa shape index (κ1) is 13.1. The van der Waals surface area contributed by atoms with E-state index in [0.29, 0.717) is 6.04 Å². The summed E-state index contributed by atoms with van der Waals surface area (Å²) in [6, 6.07) is 11.5. The Morgan fingerprint density at radius 1 is 1.14 bits per heavy atom. The van der Waals surface area contributed by atoms with Gasteiger partial charge in [0.05, 0.1) is 12.1 Å². The quantitative estimate of drug-likeness (QED) is 0.921. The second-order valence-corrected chi connectivity index (χ2v) is 6.76. The zero-order chi connectivity index (χ0) is 14.3. The van der Waals surface area contributed by atoms with Crippen molar-refractivity contribution >= 4 is 5.96 Å². The molecule has 2 N–H and O–H groups in total. The van der Waals surface area contributed by atoms with Gasteiger partial charge < -0.3 is 10.6 Å². The number of likely N-dealkylation sites (tertiary alicyclic amines) is 1. The summed E-state index contributed by atoms with van der Waals surface area (Å²) in [6.07, 6.45) is 4.98. The normalized spacial score (nSPS) is 25.3. The summed E-state index contributed by atoms with van der Waals surface area (Å²) in [5.74, 6) is 0.800. The minimum atomic E-state index is 0.235. The SMILES string of the molecule is NC1=NCC2(CCN(Cc3ccccc3)CC2)N1C1CC1. The molecule has 0 aromatic heterocycles. The molecular formula is C17H24N4. The number of rotatable bonds is 3. The minimum Gasteiger partial charge on any atom is -0.370 e. The number of guanidine groups is 1. The van der Waals surface area contributed by atoms with E-state index in [9.17, 15) is 0 Å². The van der Waals surface area contributed by atoms with E-state index in [1.165, 1.54) is 31.2 Å². The van der Waals surface area contributed by atoms with Crippen molar-refractivity contribution in [2.75, 3.05) is 19.6 Å².